The fourth-order valence-corrected chi connectivity index (χ4v) is 2.47. The van der Waals surface area contributed by atoms with Crippen LogP contribution in [0.5, 0.6) is 5.75 Å². The molecule has 0 saturated carbocycles. The second kappa shape index (κ2) is 11.2. The Morgan fingerprint density at radius 3 is 2.38 bits per heavy atom. The summed E-state index contributed by atoms with van der Waals surface area (Å²) < 4.78 is 59.1. The van der Waals surface area contributed by atoms with Crippen LogP contribution in [0.3, 0.4) is 0 Å². The molecule has 0 saturated heterocycles. The van der Waals surface area contributed by atoms with Crippen LogP contribution in [0.1, 0.15) is 36.1 Å². The van der Waals surface area contributed by atoms with Gasteiger partial charge in [0.2, 0.25) is 0 Å². The van der Waals surface area contributed by atoms with E-state index in [1.54, 1.807) is 6.92 Å². The summed E-state index contributed by atoms with van der Waals surface area (Å²) in [6.07, 6.45) is -4.66. The van der Waals surface area contributed by atoms with Crippen LogP contribution in [0.2, 0.25) is 0 Å². The van der Waals surface area contributed by atoms with E-state index in [1.807, 2.05) is 31.2 Å². The van der Waals surface area contributed by atoms with Crippen LogP contribution >= 0.6 is 0 Å². The molecule has 0 heterocycles. The van der Waals surface area contributed by atoms with Crippen molar-refractivity contribution >= 4 is 11.5 Å². The number of rotatable bonds is 7. The van der Waals surface area contributed by atoms with E-state index in [-0.39, 0.29) is 25.4 Å². The summed E-state index contributed by atoms with van der Waals surface area (Å²) in [6.45, 7) is 7.66. The zero-order valence-electron chi connectivity index (χ0n) is 16.6. The first kappa shape index (κ1) is 24.2. The van der Waals surface area contributed by atoms with E-state index < -0.39 is 17.7 Å². The van der Waals surface area contributed by atoms with Gasteiger partial charge in [0.15, 0.2) is 0 Å². The van der Waals surface area contributed by atoms with Gasteiger partial charge in [0.25, 0.3) is 0 Å². The number of ether oxygens (including phenoxy) is 2. The molecule has 0 unspecified atom stereocenters. The van der Waals surface area contributed by atoms with Crippen molar-refractivity contribution < 1.29 is 31.8 Å². The van der Waals surface area contributed by atoms with Gasteiger partial charge in [-0.1, -0.05) is 36.4 Å². The summed E-state index contributed by atoms with van der Waals surface area (Å²) in [5, 5.41) is 0. The Kier molecular flexibility index (Phi) is 9.38. The molecule has 0 fully saturated rings. The maximum atomic E-state index is 13.0. The lowest BCUT2D eigenvalue weighted by atomic mass is 10.1. The number of alkyl halides is 4. The molecule has 0 radical (unpaired) electrons. The summed E-state index contributed by atoms with van der Waals surface area (Å²) >= 11 is 0. The molecule has 0 atom stereocenters. The van der Waals surface area contributed by atoms with Gasteiger partial charge < -0.3 is 9.47 Å². The number of carbonyl (C=O) groups is 1. The van der Waals surface area contributed by atoms with Gasteiger partial charge in [0.1, 0.15) is 12.4 Å². The number of halogens is 4. The van der Waals surface area contributed by atoms with E-state index in [0.717, 1.165) is 28.8 Å². The molecule has 0 N–H and O–H groups in total. The molecule has 2 aromatic rings. The first-order valence-corrected chi connectivity index (χ1v) is 8.82. The van der Waals surface area contributed by atoms with Gasteiger partial charge in [-0.2, -0.15) is 13.2 Å². The SMILES string of the molecule is C=C(C)c1cccc(COc2cc(C(F)(F)F)ccc2CC(=O)OCC)c1.CF. The number of benzene rings is 2. The van der Waals surface area contributed by atoms with Gasteiger partial charge in [-0.25, -0.2) is 0 Å². The summed E-state index contributed by atoms with van der Waals surface area (Å²) in [4.78, 5) is 11.7. The number of hydrogen-bond donors (Lipinski definition) is 0. The zero-order chi connectivity index (χ0) is 22.0. The summed E-state index contributed by atoms with van der Waals surface area (Å²) in [6, 6.07) is 10.5. The van der Waals surface area contributed by atoms with Crippen molar-refractivity contribution in [1.29, 1.82) is 0 Å². The fraction of sp³-hybridized carbons (Fsp3) is 0.318. The second-order valence-electron chi connectivity index (χ2n) is 6.07. The van der Waals surface area contributed by atoms with Gasteiger partial charge >= 0.3 is 12.1 Å². The minimum absolute atomic E-state index is 0.0126. The quantitative estimate of drug-likeness (QED) is 0.413. The van der Waals surface area contributed by atoms with Crippen molar-refractivity contribution in [3.8, 4) is 5.75 Å². The Hall–Kier alpha value is -2.83. The van der Waals surface area contributed by atoms with Gasteiger partial charge in [-0.15, -0.1) is 0 Å². The van der Waals surface area contributed by atoms with Gasteiger partial charge in [-0.3, -0.25) is 9.18 Å². The number of allylic oxidation sites excluding steroid dienone is 1. The lowest BCUT2D eigenvalue weighted by Gasteiger charge is -2.15. The average Bonchev–Trinajstić information content (AvgIpc) is 2.68. The maximum absolute atomic E-state index is 13.0. The van der Waals surface area contributed by atoms with E-state index in [4.69, 9.17) is 9.47 Å². The highest BCUT2D eigenvalue weighted by atomic mass is 19.4. The van der Waals surface area contributed by atoms with Crippen molar-refractivity contribution in [3.63, 3.8) is 0 Å². The predicted molar refractivity (Wildman–Crippen MR) is 104 cm³/mol. The van der Waals surface area contributed by atoms with Crippen molar-refractivity contribution in [3.05, 3.63) is 71.3 Å². The smallest absolute Gasteiger partial charge is 0.416 e. The van der Waals surface area contributed by atoms with E-state index in [2.05, 4.69) is 6.58 Å². The first-order chi connectivity index (χ1) is 13.7. The average molecular weight is 412 g/mol. The topological polar surface area (TPSA) is 35.5 Å². The normalized spacial score (nSPS) is 10.6. The van der Waals surface area contributed by atoms with E-state index in [9.17, 15) is 22.4 Å². The summed E-state index contributed by atoms with van der Waals surface area (Å²) in [5.74, 6) is -0.509. The van der Waals surface area contributed by atoms with E-state index in [0.29, 0.717) is 12.7 Å². The largest absolute Gasteiger partial charge is 0.489 e. The number of hydrogen-bond acceptors (Lipinski definition) is 3. The van der Waals surface area contributed by atoms with E-state index >= 15 is 0 Å². The molecule has 2 rings (SSSR count). The molecule has 7 heteroatoms. The Bertz CT molecular complexity index is 829. The molecule has 0 amide bonds. The van der Waals surface area contributed by atoms with Crippen LogP contribution in [0.15, 0.2) is 49.0 Å². The summed E-state index contributed by atoms with van der Waals surface area (Å²) in [5.41, 5.74) is 2.10. The second-order valence-corrected chi connectivity index (χ2v) is 6.07. The molecule has 158 valence electrons. The van der Waals surface area contributed by atoms with Gasteiger partial charge in [0, 0.05) is 5.56 Å². The van der Waals surface area contributed by atoms with Crippen molar-refractivity contribution in [1.82, 2.24) is 0 Å². The van der Waals surface area contributed by atoms with Gasteiger partial charge in [-0.05, 0) is 43.2 Å². The lowest BCUT2D eigenvalue weighted by Crippen LogP contribution is -2.11. The molecule has 0 aliphatic carbocycles. The third kappa shape index (κ3) is 7.60. The molecule has 0 spiro atoms. The van der Waals surface area contributed by atoms with Crippen molar-refractivity contribution in [2.75, 3.05) is 13.8 Å². The molecular formula is C22H24F4O3. The monoisotopic (exact) mass is 412 g/mol. The predicted octanol–water partition coefficient (Wildman–Crippen LogP) is 6.01. The molecule has 0 aromatic heterocycles. The Morgan fingerprint density at radius 2 is 1.79 bits per heavy atom. The first-order valence-electron chi connectivity index (χ1n) is 8.82. The molecule has 3 nitrogen and oxygen atoms in total. The minimum atomic E-state index is -4.50. The third-order valence-electron chi connectivity index (χ3n) is 3.85. The van der Waals surface area contributed by atoms with Crippen molar-refractivity contribution in [2.45, 2.75) is 33.1 Å². The molecule has 0 bridgehead atoms. The van der Waals surface area contributed by atoms with Crippen LogP contribution in [0.4, 0.5) is 17.6 Å². The molecule has 0 aliphatic rings. The van der Waals surface area contributed by atoms with Crippen LogP contribution in [0, 0.1) is 0 Å². The van der Waals surface area contributed by atoms with E-state index in [1.165, 1.54) is 6.07 Å². The Balaban J connectivity index is 0.00000204. The van der Waals surface area contributed by atoms with Crippen LogP contribution in [-0.4, -0.2) is 19.8 Å². The van der Waals surface area contributed by atoms with Crippen LogP contribution in [-0.2, 0) is 28.7 Å². The van der Waals surface area contributed by atoms with Crippen LogP contribution in [0.25, 0.3) is 5.57 Å². The highest BCUT2D eigenvalue weighted by Crippen LogP contribution is 2.33. The number of carbonyl (C=O) groups excluding carboxylic acids is 1. The lowest BCUT2D eigenvalue weighted by molar-refractivity contribution is -0.142. The molecular weight excluding hydrogens is 388 g/mol. The molecule has 0 aliphatic heterocycles. The molecule has 29 heavy (non-hydrogen) atoms. The maximum Gasteiger partial charge on any atom is 0.416 e. The Labute approximate surface area is 168 Å². The third-order valence-corrected chi connectivity index (χ3v) is 3.85. The summed E-state index contributed by atoms with van der Waals surface area (Å²) in [7, 11) is 0.500. The van der Waals surface area contributed by atoms with Crippen molar-refractivity contribution in [2.24, 2.45) is 0 Å². The zero-order valence-corrected chi connectivity index (χ0v) is 16.6. The highest BCUT2D eigenvalue weighted by molar-refractivity contribution is 5.73. The standard InChI is InChI=1S/C21H21F3O3.CH3F/c1-4-26-20(25)11-17-8-9-18(21(22,23)24)12-19(17)27-13-15-6-5-7-16(10-15)14(2)3;1-2/h5-10,12H,2,4,11,13H2,1,3H3;1H3. The minimum Gasteiger partial charge on any atom is -0.489 e. The van der Waals surface area contributed by atoms with Crippen LogP contribution < -0.4 is 4.74 Å². The fourth-order valence-electron chi connectivity index (χ4n) is 2.47. The highest BCUT2D eigenvalue weighted by Gasteiger charge is 2.31. The Morgan fingerprint density at radius 1 is 1.10 bits per heavy atom. The number of esters is 1. The van der Waals surface area contributed by atoms with Gasteiger partial charge in [0.05, 0.1) is 25.8 Å². The molecule has 2 aromatic carbocycles.